The third-order valence-electron chi connectivity index (χ3n) is 1.52. The van der Waals surface area contributed by atoms with Crippen molar-refractivity contribution in [1.29, 1.82) is 0 Å². The van der Waals surface area contributed by atoms with E-state index in [1.807, 2.05) is 19.1 Å². The van der Waals surface area contributed by atoms with Crippen LogP contribution in [-0.4, -0.2) is 4.98 Å². The zero-order valence-corrected chi connectivity index (χ0v) is 8.82. The number of rotatable bonds is 3. The molecule has 0 saturated heterocycles. The highest BCUT2D eigenvalue weighted by Crippen LogP contribution is 2.25. The molecular weight excluding hydrogens is 202 g/mol. The van der Waals surface area contributed by atoms with Crippen molar-refractivity contribution in [3.8, 4) is 0 Å². The van der Waals surface area contributed by atoms with Crippen LogP contribution in [0.15, 0.2) is 32.5 Å². The lowest BCUT2D eigenvalue weighted by Crippen LogP contribution is -1.75. The van der Waals surface area contributed by atoms with Gasteiger partial charge in [0.15, 0.2) is 4.34 Å². The van der Waals surface area contributed by atoms with Crippen LogP contribution in [0, 0.1) is 6.92 Å². The van der Waals surface area contributed by atoms with E-state index in [0.717, 1.165) is 21.5 Å². The first kappa shape index (κ1) is 8.84. The van der Waals surface area contributed by atoms with Gasteiger partial charge in [0, 0.05) is 11.1 Å². The SMILES string of the molecule is Cc1csc(SCc2ccco2)n1. The molecule has 2 rings (SSSR count). The minimum atomic E-state index is 0.861. The molecule has 0 saturated carbocycles. The maximum absolute atomic E-state index is 5.22. The summed E-state index contributed by atoms with van der Waals surface area (Å²) in [6.45, 7) is 2.01. The van der Waals surface area contributed by atoms with E-state index in [9.17, 15) is 0 Å². The Bertz CT molecular complexity index is 367. The van der Waals surface area contributed by atoms with Gasteiger partial charge in [-0.25, -0.2) is 4.98 Å². The second-order valence-corrected chi connectivity index (χ2v) is 4.70. The monoisotopic (exact) mass is 211 g/mol. The molecule has 0 aliphatic carbocycles. The average Bonchev–Trinajstić information content (AvgIpc) is 2.71. The highest BCUT2D eigenvalue weighted by molar-refractivity contribution is 8.00. The fraction of sp³-hybridized carbons (Fsp3) is 0.222. The number of hydrogen-bond donors (Lipinski definition) is 0. The Morgan fingerprint density at radius 1 is 1.62 bits per heavy atom. The Balaban J connectivity index is 1.93. The van der Waals surface area contributed by atoms with Crippen molar-refractivity contribution < 1.29 is 4.42 Å². The summed E-state index contributed by atoms with van der Waals surface area (Å²) in [6, 6.07) is 3.89. The summed E-state index contributed by atoms with van der Waals surface area (Å²) >= 11 is 3.39. The molecule has 68 valence electrons. The second kappa shape index (κ2) is 3.98. The highest BCUT2D eigenvalue weighted by Gasteiger charge is 2.01. The van der Waals surface area contributed by atoms with Gasteiger partial charge in [0.05, 0.1) is 12.0 Å². The molecule has 2 aromatic heterocycles. The van der Waals surface area contributed by atoms with Crippen LogP contribution in [0.1, 0.15) is 11.5 Å². The molecule has 0 aromatic carbocycles. The van der Waals surface area contributed by atoms with Gasteiger partial charge in [-0.05, 0) is 19.1 Å². The van der Waals surface area contributed by atoms with Gasteiger partial charge >= 0.3 is 0 Å². The zero-order valence-electron chi connectivity index (χ0n) is 7.19. The van der Waals surface area contributed by atoms with Gasteiger partial charge in [0.2, 0.25) is 0 Å². The molecule has 0 atom stereocenters. The molecule has 4 heteroatoms. The Morgan fingerprint density at radius 3 is 3.15 bits per heavy atom. The molecule has 0 aliphatic heterocycles. The first-order valence-corrected chi connectivity index (χ1v) is 5.78. The molecule has 13 heavy (non-hydrogen) atoms. The topological polar surface area (TPSA) is 26.0 Å². The Labute approximate surface area is 85.0 Å². The number of furan rings is 1. The number of nitrogens with zero attached hydrogens (tertiary/aromatic N) is 1. The van der Waals surface area contributed by atoms with Crippen molar-refractivity contribution in [2.24, 2.45) is 0 Å². The number of hydrogen-bond acceptors (Lipinski definition) is 4. The van der Waals surface area contributed by atoms with E-state index in [1.54, 1.807) is 29.4 Å². The van der Waals surface area contributed by atoms with Crippen LogP contribution in [0.3, 0.4) is 0 Å². The number of aromatic nitrogens is 1. The quantitative estimate of drug-likeness (QED) is 0.728. The lowest BCUT2D eigenvalue weighted by atomic mass is 10.5. The van der Waals surface area contributed by atoms with Gasteiger partial charge < -0.3 is 4.42 Å². The number of thioether (sulfide) groups is 1. The maximum Gasteiger partial charge on any atom is 0.150 e. The van der Waals surface area contributed by atoms with Crippen LogP contribution in [0.4, 0.5) is 0 Å². The van der Waals surface area contributed by atoms with Crippen molar-refractivity contribution in [1.82, 2.24) is 4.98 Å². The summed E-state index contributed by atoms with van der Waals surface area (Å²) in [7, 11) is 0. The summed E-state index contributed by atoms with van der Waals surface area (Å²) in [5.74, 6) is 1.86. The van der Waals surface area contributed by atoms with Gasteiger partial charge in [-0.3, -0.25) is 0 Å². The fourth-order valence-electron chi connectivity index (χ4n) is 0.926. The van der Waals surface area contributed by atoms with Crippen molar-refractivity contribution >= 4 is 23.1 Å². The van der Waals surface area contributed by atoms with Gasteiger partial charge in [0.25, 0.3) is 0 Å². The molecule has 0 amide bonds. The molecule has 0 bridgehead atoms. The molecule has 0 N–H and O–H groups in total. The van der Waals surface area contributed by atoms with Crippen LogP contribution < -0.4 is 0 Å². The normalized spacial score (nSPS) is 10.5. The summed E-state index contributed by atoms with van der Waals surface area (Å²) in [6.07, 6.45) is 1.70. The first-order chi connectivity index (χ1) is 6.34. The number of thiazole rings is 1. The third kappa shape index (κ3) is 2.35. The third-order valence-corrected chi connectivity index (χ3v) is 3.68. The van der Waals surface area contributed by atoms with Crippen LogP contribution in [0.25, 0.3) is 0 Å². The summed E-state index contributed by atoms with van der Waals surface area (Å²) in [4.78, 5) is 4.35. The Kier molecular flexibility index (Phi) is 2.71. The van der Waals surface area contributed by atoms with Crippen LogP contribution in [0.5, 0.6) is 0 Å². The van der Waals surface area contributed by atoms with E-state index < -0.39 is 0 Å². The zero-order chi connectivity index (χ0) is 9.10. The molecule has 2 heterocycles. The molecule has 0 radical (unpaired) electrons. The molecule has 0 unspecified atom stereocenters. The molecule has 2 nitrogen and oxygen atoms in total. The van der Waals surface area contributed by atoms with Crippen molar-refractivity contribution in [2.45, 2.75) is 17.0 Å². The predicted molar refractivity (Wildman–Crippen MR) is 55.1 cm³/mol. The largest absolute Gasteiger partial charge is 0.468 e. The smallest absolute Gasteiger partial charge is 0.150 e. The molecule has 0 fully saturated rings. The lowest BCUT2D eigenvalue weighted by molar-refractivity contribution is 0.530. The summed E-state index contributed by atoms with van der Waals surface area (Å²) in [5, 5.41) is 2.06. The van der Waals surface area contributed by atoms with Crippen molar-refractivity contribution in [3.63, 3.8) is 0 Å². The molecule has 0 spiro atoms. The minimum Gasteiger partial charge on any atom is -0.468 e. The van der Waals surface area contributed by atoms with Crippen LogP contribution >= 0.6 is 23.1 Å². The summed E-state index contributed by atoms with van der Waals surface area (Å²) < 4.78 is 6.32. The van der Waals surface area contributed by atoms with Crippen molar-refractivity contribution in [3.05, 3.63) is 35.2 Å². The minimum absolute atomic E-state index is 0.861. The van der Waals surface area contributed by atoms with E-state index in [1.165, 1.54) is 0 Å². The predicted octanol–water partition coefficient (Wildman–Crippen LogP) is 3.34. The van der Waals surface area contributed by atoms with E-state index in [0.29, 0.717) is 0 Å². The van der Waals surface area contributed by atoms with Crippen LogP contribution in [0.2, 0.25) is 0 Å². The maximum atomic E-state index is 5.22. The van der Waals surface area contributed by atoms with Gasteiger partial charge in [-0.2, -0.15) is 0 Å². The van der Waals surface area contributed by atoms with Crippen molar-refractivity contribution in [2.75, 3.05) is 0 Å². The van der Waals surface area contributed by atoms with E-state index in [2.05, 4.69) is 10.4 Å². The fourth-order valence-corrected chi connectivity index (χ4v) is 2.68. The van der Waals surface area contributed by atoms with Crippen LogP contribution in [-0.2, 0) is 5.75 Å². The number of aryl methyl sites for hydroxylation is 1. The second-order valence-electron chi connectivity index (χ2n) is 2.62. The Hall–Kier alpha value is -0.740. The van der Waals surface area contributed by atoms with Gasteiger partial charge in [0.1, 0.15) is 5.76 Å². The van der Waals surface area contributed by atoms with E-state index in [4.69, 9.17) is 4.42 Å². The van der Waals surface area contributed by atoms with E-state index in [-0.39, 0.29) is 0 Å². The first-order valence-electron chi connectivity index (χ1n) is 3.92. The molecule has 2 aromatic rings. The highest BCUT2D eigenvalue weighted by atomic mass is 32.2. The standard InChI is InChI=1S/C9H9NOS2/c1-7-5-12-9(10-7)13-6-8-3-2-4-11-8/h2-5H,6H2,1H3. The molecule has 0 aliphatic rings. The lowest BCUT2D eigenvalue weighted by Gasteiger charge is -1.92. The van der Waals surface area contributed by atoms with Gasteiger partial charge in [-0.15, -0.1) is 11.3 Å². The molecular formula is C9H9NOS2. The van der Waals surface area contributed by atoms with E-state index >= 15 is 0 Å². The Morgan fingerprint density at radius 2 is 2.54 bits per heavy atom. The van der Waals surface area contributed by atoms with Gasteiger partial charge in [-0.1, -0.05) is 11.8 Å². The average molecular weight is 211 g/mol. The summed E-state index contributed by atoms with van der Waals surface area (Å²) in [5.41, 5.74) is 1.09.